The molecule has 1 aliphatic rings. The van der Waals surface area contributed by atoms with Crippen molar-refractivity contribution in [3.05, 3.63) is 48.0 Å². The lowest BCUT2D eigenvalue weighted by atomic mass is 10.2. The van der Waals surface area contributed by atoms with Crippen molar-refractivity contribution in [1.29, 1.82) is 0 Å². The first-order valence-corrected chi connectivity index (χ1v) is 9.84. The number of piperazine rings is 1. The average Bonchev–Trinajstić information content (AvgIpc) is 2.75. The fourth-order valence-electron chi connectivity index (χ4n) is 3.34. The van der Waals surface area contributed by atoms with Crippen LogP contribution in [-0.4, -0.2) is 64.8 Å². The first-order valence-electron chi connectivity index (χ1n) is 9.84. The Hall–Kier alpha value is -2.77. The second-order valence-corrected chi connectivity index (χ2v) is 7.18. The summed E-state index contributed by atoms with van der Waals surface area (Å²) in [6, 6.07) is 13.8. The highest BCUT2D eigenvalue weighted by molar-refractivity contribution is 5.92. The van der Waals surface area contributed by atoms with Gasteiger partial charge in [0.2, 0.25) is 5.91 Å². The van der Waals surface area contributed by atoms with E-state index in [9.17, 15) is 4.79 Å². The summed E-state index contributed by atoms with van der Waals surface area (Å²) >= 11 is 0. The molecule has 0 spiro atoms. The van der Waals surface area contributed by atoms with Crippen LogP contribution in [-0.2, 0) is 11.3 Å². The van der Waals surface area contributed by atoms with Gasteiger partial charge in [0.15, 0.2) is 11.5 Å². The van der Waals surface area contributed by atoms with E-state index in [1.807, 2.05) is 30.3 Å². The van der Waals surface area contributed by atoms with Gasteiger partial charge in [0.25, 0.3) is 0 Å². The molecule has 1 amide bonds. The van der Waals surface area contributed by atoms with Crippen LogP contribution in [0.2, 0.25) is 0 Å². The van der Waals surface area contributed by atoms with Gasteiger partial charge in [-0.3, -0.25) is 4.79 Å². The highest BCUT2D eigenvalue weighted by Gasteiger charge is 2.14. The molecule has 2 aromatic rings. The summed E-state index contributed by atoms with van der Waals surface area (Å²) in [7, 11) is 5.37. The van der Waals surface area contributed by atoms with Crippen molar-refractivity contribution in [1.82, 2.24) is 10.2 Å². The van der Waals surface area contributed by atoms with E-state index in [0.29, 0.717) is 18.0 Å². The number of ether oxygens (including phenoxy) is 2. The zero-order valence-electron chi connectivity index (χ0n) is 17.4. The predicted molar refractivity (Wildman–Crippen MR) is 116 cm³/mol. The van der Waals surface area contributed by atoms with Crippen molar-refractivity contribution in [2.75, 3.05) is 64.2 Å². The van der Waals surface area contributed by atoms with E-state index in [1.54, 1.807) is 14.2 Å². The highest BCUT2D eigenvalue weighted by Crippen LogP contribution is 2.27. The molecule has 7 nitrogen and oxygen atoms in total. The number of likely N-dealkylation sites (N-methyl/N-ethyl adjacent to an activating group) is 1. The Morgan fingerprint density at radius 3 is 2.31 bits per heavy atom. The number of nitrogens with zero attached hydrogens (tertiary/aromatic N) is 2. The lowest BCUT2D eigenvalue weighted by Gasteiger charge is -2.34. The summed E-state index contributed by atoms with van der Waals surface area (Å²) < 4.78 is 10.5. The van der Waals surface area contributed by atoms with Gasteiger partial charge in [-0.1, -0.05) is 6.07 Å². The Balaban J connectivity index is 1.45. The van der Waals surface area contributed by atoms with Crippen molar-refractivity contribution in [2.45, 2.75) is 6.54 Å². The second kappa shape index (κ2) is 10.1. The van der Waals surface area contributed by atoms with Gasteiger partial charge in [0.1, 0.15) is 0 Å². The molecule has 1 heterocycles. The summed E-state index contributed by atoms with van der Waals surface area (Å²) in [5, 5.41) is 6.09. The van der Waals surface area contributed by atoms with Gasteiger partial charge >= 0.3 is 0 Å². The van der Waals surface area contributed by atoms with E-state index in [2.05, 4.69) is 39.6 Å². The molecular formula is C22H30N4O3. The number of amides is 1. The van der Waals surface area contributed by atoms with E-state index >= 15 is 0 Å². The van der Waals surface area contributed by atoms with Crippen LogP contribution in [0.1, 0.15) is 5.56 Å². The third-order valence-electron chi connectivity index (χ3n) is 5.08. The molecule has 2 aromatic carbocycles. The normalized spacial score (nSPS) is 14.5. The van der Waals surface area contributed by atoms with E-state index in [4.69, 9.17) is 9.47 Å². The molecule has 0 aromatic heterocycles. The minimum absolute atomic E-state index is 0.0715. The zero-order chi connectivity index (χ0) is 20.6. The molecule has 0 atom stereocenters. The largest absolute Gasteiger partial charge is 0.493 e. The van der Waals surface area contributed by atoms with Crippen molar-refractivity contribution < 1.29 is 14.3 Å². The van der Waals surface area contributed by atoms with Crippen LogP contribution in [0.5, 0.6) is 11.5 Å². The minimum atomic E-state index is -0.0715. The molecule has 0 radical (unpaired) electrons. The van der Waals surface area contributed by atoms with E-state index in [0.717, 1.165) is 37.4 Å². The third kappa shape index (κ3) is 5.85. The maximum atomic E-state index is 12.2. The predicted octanol–water partition coefficient (Wildman–Crippen LogP) is 2.18. The fourth-order valence-corrected chi connectivity index (χ4v) is 3.34. The topological polar surface area (TPSA) is 66.1 Å². The van der Waals surface area contributed by atoms with Crippen LogP contribution >= 0.6 is 0 Å². The van der Waals surface area contributed by atoms with Crippen LogP contribution in [0.3, 0.4) is 0 Å². The molecule has 1 saturated heterocycles. The molecule has 0 saturated carbocycles. The van der Waals surface area contributed by atoms with Gasteiger partial charge in [-0.15, -0.1) is 0 Å². The highest BCUT2D eigenvalue weighted by atomic mass is 16.5. The number of carbonyl (C=O) groups is 1. The zero-order valence-corrected chi connectivity index (χ0v) is 17.4. The van der Waals surface area contributed by atoms with Crippen LogP contribution < -0.4 is 25.0 Å². The van der Waals surface area contributed by atoms with Gasteiger partial charge < -0.3 is 29.9 Å². The molecule has 29 heavy (non-hydrogen) atoms. The summed E-state index contributed by atoms with van der Waals surface area (Å²) in [5.74, 6) is 1.29. The van der Waals surface area contributed by atoms with Gasteiger partial charge in [-0.05, 0) is 49.0 Å². The number of nitrogens with one attached hydrogen (secondary N) is 2. The number of rotatable bonds is 8. The van der Waals surface area contributed by atoms with E-state index < -0.39 is 0 Å². The van der Waals surface area contributed by atoms with E-state index in [-0.39, 0.29) is 12.5 Å². The molecule has 0 aliphatic carbocycles. The first-order chi connectivity index (χ1) is 14.1. The summed E-state index contributed by atoms with van der Waals surface area (Å²) in [6.45, 7) is 5.00. The molecule has 1 aliphatic heterocycles. The Morgan fingerprint density at radius 1 is 0.966 bits per heavy atom. The Kier molecular flexibility index (Phi) is 7.32. The Labute approximate surface area is 172 Å². The van der Waals surface area contributed by atoms with Gasteiger partial charge in [0, 0.05) is 44.1 Å². The van der Waals surface area contributed by atoms with Crippen molar-refractivity contribution in [3.8, 4) is 11.5 Å². The van der Waals surface area contributed by atoms with Crippen molar-refractivity contribution >= 4 is 17.3 Å². The number of hydrogen-bond donors (Lipinski definition) is 2. The van der Waals surface area contributed by atoms with Crippen LogP contribution in [0, 0.1) is 0 Å². The maximum Gasteiger partial charge on any atom is 0.238 e. The van der Waals surface area contributed by atoms with E-state index in [1.165, 1.54) is 5.69 Å². The maximum absolute atomic E-state index is 12.2. The van der Waals surface area contributed by atoms with Gasteiger partial charge in [0.05, 0.1) is 20.8 Å². The molecule has 156 valence electrons. The average molecular weight is 399 g/mol. The minimum Gasteiger partial charge on any atom is -0.493 e. The smallest absolute Gasteiger partial charge is 0.238 e. The second-order valence-electron chi connectivity index (χ2n) is 7.18. The number of carbonyl (C=O) groups excluding carboxylic acids is 1. The number of methoxy groups -OCH3 is 2. The monoisotopic (exact) mass is 398 g/mol. The van der Waals surface area contributed by atoms with Gasteiger partial charge in [-0.25, -0.2) is 0 Å². The van der Waals surface area contributed by atoms with Crippen LogP contribution in [0.25, 0.3) is 0 Å². The molecule has 0 unspecified atom stereocenters. The molecule has 7 heteroatoms. The molecule has 0 bridgehead atoms. The number of anilines is 2. The van der Waals surface area contributed by atoms with Crippen molar-refractivity contribution in [2.24, 2.45) is 0 Å². The number of benzene rings is 2. The van der Waals surface area contributed by atoms with Crippen LogP contribution in [0.4, 0.5) is 11.4 Å². The molecule has 1 fully saturated rings. The number of hydrogen-bond acceptors (Lipinski definition) is 6. The summed E-state index contributed by atoms with van der Waals surface area (Å²) in [5.41, 5.74) is 3.02. The SMILES string of the molecule is COc1ccc(CNCC(=O)Nc2ccc(N3CCN(C)CC3)cc2)cc1OC. The Bertz CT molecular complexity index is 802. The standard InChI is InChI=1S/C22H30N4O3/c1-25-10-12-26(13-11-25)19-7-5-18(6-8-19)24-22(27)16-23-15-17-4-9-20(28-2)21(14-17)29-3/h4-9,14,23H,10-13,15-16H2,1-3H3,(H,24,27). The Morgan fingerprint density at radius 2 is 1.66 bits per heavy atom. The lowest BCUT2D eigenvalue weighted by Crippen LogP contribution is -2.44. The van der Waals surface area contributed by atoms with Crippen molar-refractivity contribution in [3.63, 3.8) is 0 Å². The fraction of sp³-hybridized carbons (Fsp3) is 0.409. The third-order valence-corrected chi connectivity index (χ3v) is 5.08. The summed E-state index contributed by atoms with van der Waals surface area (Å²) in [6.07, 6.45) is 0. The quantitative estimate of drug-likeness (QED) is 0.711. The van der Waals surface area contributed by atoms with Gasteiger partial charge in [-0.2, -0.15) is 0 Å². The first kappa shape index (κ1) is 21.0. The molecular weight excluding hydrogens is 368 g/mol. The molecule has 2 N–H and O–H groups in total. The molecule has 3 rings (SSSR count). The lowest BCUT2D eigenvalue weighted by molar-refractivity contribution is -0.115. The van der Waals surface area contributed by atoms with Crippen LogP contribution in [0.15, 0.2) is 42.5 Å². The summed E-state index contributed by atoms with van der Waals surface area (Å²) in [4.78, 5) is 16.9.